The van der Waals surface area contributed by atoms with Crippen LogP contribution >= 0.6 is 0 Å². The lowest BCUT2D eigenvalue weighted by molar-refractivity contribution is -0.112. The highest BCUT2D eigenvalue weighted by molar-refractivity contribution is 5.42. The zero-order chi connectivity index (χ0) is 15.7. The first-order chi connectivity index (χ1) is 10.6. The van der Waals surface area contributed by atoms with Gasteiger partial charge >= 0.3 is 0 Å². The molecule has 1 aliphatic heterocycles. The fourth-order valence-electron chi connectivity index (χ4n) is 4.15. The summed E-state index contributed by atoms with van der Waals surface area (Å²) in [4.78, 5) is 0. The van der Waals surface area contributed by atoms with Gasteiger partial charge in [0.1, 0.15) is 0 Å². The number of hydrogen-bond donors (Lipinski definition) is 1. The van der Waals surface area contributed by atoms with Crippen LogP contribution in [0.25, 0.3) is 0 Å². The molecule has 2 aliphatic rings. The Morgan fingerprint density at radius 2 is 2.00 bits per heavy atom. The second kappa shape index (κ2) is 6.09. The highest BCUT2D eigenvalue weighted by Crippen LogP contribution is 2.52. The Bertz CT molecular complexity index is 529. The minimum absolute atomic E-state index is 0.249. The van der Waals surface area contributed by atoms with Crippen LogP contribution in [0.5, 0.6) is 11.5 Å². The van der Waals surface area contributed by atoms with E-state index in [0.29, 0.717) is 18.1 Å². The van der Waals surface area contributed by atoms with Crippen LogP contribution < -0.4 is 14.8 Å². The van der Waals surface area contributed by atoms with Crippen LogP contribution in [0.2, 0.25) is 0 Å². The minimum atomic E-state index is 0.249. The number of hydrogen-bond acceptors (Lipinski definition) is 4. The Morgan fingerprint density at radius 1 is 1.23 bits per heavy atom. The maximum atomic E-state index is 5.85. The first-order valence-corrected chi connectivity index (χ1v) is 8.14. The monoisotopic (exact) mass is 305 g/mol. The van der Waals surface area contributed by atoms with Gasteiger partial charge in [0.15, 0.2) is 11.5 Å². The SMILES string of the molecule is COc1ccc(CCNC2C3CCOC3C2(C)C)cc1OC. The average Bonchev–Trinajstić information content (AvgIpc) is 2.98. The van der Waals surface area contributed by atoms with Crippen molar-refractivity contribution in [3.63, 3.8) is 0 Å². The molecular formula is C18H27NO3. The molecule has 1 heterocycles. The predicted molar refractivity (Wildman–Crippen MR) is 86.7 cm³/mol. The normalized spacial score (nSPS) is 28.8. The summed E-state index contributed by atoms with van der Waals surface area (Å²) < 4.78 is 16.5. The lowest BCUT2D eigenvalue weighted by Crippen LogP contribution is -2.66. The van der Waals surface area contributed by atoms with E-state index in [2.05, 4.69) is 31.3 Å². The Balaban J connectivity index is 1.55. The molecule has 2 fully saturated rings. The van der Waals surface area contributed by atoms with Gasteiger partial charge in [0.05, 0.1) is 20.3 Å². The third kappa shape index (κ3) is 2.59. The second-order valence-corrected chi connectivity index (χ2v) is 6.94. The van der Waals surface area contributed by atoms with E-state index >= 15 is 0 Å². The van der Waals surface area contributed by atoms with Crippen molar-refractivity contribution in [3.05, 3.63) is 23.8 Å². The number of benzene rings is 1. The van der Waals surface area contributed by atoms with Gasteiger partial charge in [-0.05, 0) is 37.1 Å². The molecule has 22 heavy (non-hydrogen) atoms. The molecule has 0 radical (unpaired) electrons. The molecule has 0 amide bonds. The van der Waals surface area contributed by atoms with Crippen LogP contribution in [-0.4, -0.2) is 39.5 Å². The van der Waals surface area contributed by atoms with Gasteiger partial charge in [-0.2, -0.15) is 0 Å². The van der Waals surface area contributed by atoms with E-state index in [-0.39, 0.29) is 5.41 Å². The highest BCUT2D eigenvalue weighted by Gasteiger charge is 2.58. The highest BCUT2D eigenvalue weighted by atomic mass is 16.5. The summed E-state index contributed by atoms with van der Waals surface area (Å²) in [5, 5.41) is 3.74. The maximum Gasteiger partial charge on any atom is 0.160 e. The van der Waals surface area contributed by atoms with Crippen molar-refractivity contribution < 1.29 is 14.2 Å². The molecule has 0 aromatic heterocycles. The first kappa shape index (κ1) is 15.6. The van der Waals surface area contributed by atoms with Gasteiger partial charge in [-0.15, -0.1) is 0 Å². The number of nitrogens with one attached hydrogen (secondary N) is 1. The third-order valence-corrected chi connectivity index (χ3v) is 5.33. The molecular weight excluding hydrogens is 278 g/mol. The molecule has 3 rings (SSSR count). The predicted octanol–water partition coefficient (Wildman–Crippen LogP) is 2.65. The lowest BCUT2D eigenvalue weighted by Gasteiger charge is -2.55. The Kier molecular flexibility index (Phi) is 4.33. The minimum Gasteiger partial charge on any atom is -0.493 e. The van der Waals surface area contributed by atoms with E-state index in [1.165, 1.54) is 12.0 Å². The van der Waals surface area contributed by atoms with Gasteiger partial charge in [-0.1, -0.05) is 19.9 Å². The van der Waals surface area contributed by atoms with Crippen LogP contribution in [0.4, 0.5) is 0 Å². The summed E-state index contributed by atoms with van der Waals surface area (Å²) in [6, 6.07) is 6.72. The molecule has 1 saturated carbocycles. The molecule has 1 aromatic rings. The van der Waals surface area contributed by atoms with E-state index < -0.39 is 0 Å². The number of rotatable bonds is 6. The van der Waals surface area contributed by atoms with Crippen molar-refractivity contribution in [1.82, 2.24) is 5.32 Å². The van der Waals surface area contributed by atoms with E-state index in [4.69, 9.17) is 14.2 Å². The third-order valence-electron chi connectivity index (χ3n) is 5.33. The maximum absolute atomic E-state index is 5.85. The quantitative estimate of drug-likeness (QED) is 0.877. The molecule has 1 aromatic carbocycles. The largest absolute Gasteiger partial charge is 0.493 e. The number of ether oxygens (including phenoxy) is 3. The summed E-state index contributed by atoms with van der Waals surface area (Å²) in [6.45, 7) is 6.53. The van der Waals surface area contributed by atoms with Gasteiger partial charge < -0.3 is 19.5 Å². The van der Waals surface area contributed by atoms with Crippen LogP contribution in [0.3, 0.4) is 0 Å². The summed E-state index contributed by atoms with van der Waals surface area (Å²) >= 11 is 0. The van der Waals surface area contributed by atoms with Crippen LogP contribution in [0.1, 0.15) is 25.8 Å². The summed E-state index contributed by atoms with van der Waals surface area (Å²) in [5.74, 6) is 2.28. The van der Waals surface area contributed by atoms with Gasteiger partial charge in [0.2, 0.25) is 0 Å². The van der Waals surface area contributed by atoms with Crippen molar-refractivity contribution in [1.29, 1.82) is 0 Å². The fourth-order valence-corrected chi connectivity index (χ4v) is 4.15. The van der Waals surface area contributed by atoms with Crippen LogP contribution in [-0.2, 0) is 11.2 Å². The van der Waals surface area contributed by atoms with Crippen molar-refractivity contribution >= 4 is 0 Å². The fraction of sp³-hybridized carbons (Fsp3) is 0.667. The standard InChI is InChI=1S/C18H27NO3/c1-18(2)16(13-8-10-22-17(13)18)19-9-7-12-5-6-14(20-3)15(11-12)21-4/h5-6,11,13,16-17,19H,7-10H2,1-4H3. The Hall–Kier alpha value is -1.26. The summed E-state index contributed by atoms with van der Waals surface area (Å²) in [6.07, 6.45) is 2.64. The molecule has 1 saturated heterocycles. The lowest BCUT2D eigenvalue weighted by atomic mass is 9.57. The van der Waals surface area contributed by atoms with Crippen LogP contribution in [0.15, 0.2) is 18.2 Å². The van der Waals surface area contributed by atoms with Gasteiger partial charge in [-0.25, -0.2) is 0 Å². The second-order valence-electron chi connectivity index (χ2n) is 6.94. The van der Waals surface area contributed by atoms with Crippen molar-refractivity contribution in [3.8, 4) is 11.5 Å². The topological polar surface area (TPSA) is 39.7 Å². The van der Waals surface area contributed by atoms with Crippen LogP contribution in [0, 0.1) is 11.3 Å². The van der Waals surface area contributed by atoms with Gasteiger partial charge in [0.25, 0.3) is 0 Å². The molecule has 3 atom stereocenters. The smallest absolute Gasteiger partial charge is 0.160 e. The first-order valence-electron chi connectivity index (χ1n) is 8.14. The van der Waals surface area contributed by atoms with E-state index in [1.54, 1.807) is 14.2 Å². The van der Waals surface area contributed by atoms with Crippen molar-refractivity contribution in [2.45, 2.75) is 38.8 Å². The Morgan fingerprint density at radius 3 is 2.73 bits per heavy atom. The van der Waals surface area contributed by atoms with Gasteiger partial charge in [-0.3, -0.25) is 0 Å². The molecule has 0 bridgehead atoms. The molecule has 3 unspecified atom stereocenters. The number of fused-ring (bicyclic) bond motifs is 1. The zero-order valence-electron chi connectivity index (χ0n) is 14.0. The average molecular weight is 305 g/mol. The molecule has 1 N–H and O–H groups in total. The molecule has 4 heteroatoms. The Labute approximate surface area is 133 Å². The summed E-state index contributed by atoms with van der Waals surface area (Å²) in [7, 11) is 3.34. The molecule has 4 nitrogen and oxygen atoms in total. The number of methoxy groups -OCH3 is 2. The van der Waals surface area contributed by atoms with Crippen molar-refractivity contribution in [2.75, 3.05) is 27.4 Å². The molecule has 1 aliphatic carbocycles. The van der Waals surface area contributed by atoms with Crippen molar-refractivity contribution in [2.24, 2.45) is 11.3 Å². The van der Waals surface area contributed by atoms with E-state index in [0.717, 1.165) is 31.1 Å². The zero-order valence-corrected chi connectivity index (χ0v) is 14.0. The molecule has 0 spiro atoms. The van der Waals surface area contributed by atoms with E-state index in [9.17, 15) is 0 Å². The van der Waals surface area contributed by atoms with Gasteiger partial charge in [0, 0.05) is 24.0 Å². The molecule has 122 valence electrons. The van der Waals surface area contributed by atoms with E-state index in [1.807, 2.05) is 6.07 Å². The summed E-state index contributed by atoms with van der Waals surface area (Å²) in [5.41, 5.74) is 1.51.